The molecule has 2 heteroatoms. The predicted octanol–water partition coefficient (Wildman–Crippen LogP) is 0.610. The van der Waals surface area contributed by atoms with Crippen molar-refractivity contribution in [2.75, 3.05) is 20.3 Å². The Hall–Kier alpha value is -0.0800. The largest absolute Gasteiger partial charge is 0.396 e. The van der Waals surface area contributed by atoms with Crippen LogP contribution >= 0.6 is 0 Å². The highest BCUT2D eigenvalue weighted by molar-refractivity contribution is 4.61. The van der Waals surface area contributed by atoms with Gasteiger partial charge in [-0.2, -0.15) is 0 Å². The van der Waals surface area contributed by atoms with Crippen molar-refractivity contribution in [3.63, 3.8) is 0 Å². The highest BCUT2D eigenvalue weighted by Crippen LogP contribution is 1.90. The summed E-state index contributed by atoms with van der Waals surface area (Å²) in [5.41, 5.74) is 0. The van der Waals surface area contributed by atoms with Gasteiger partial charge in [0.15, 0.2) is 0 Å². The molecule has 0 rings (SSSR count). The van der Waals surface area contributed by atoms with Gasteiger partial charge >= 0.3 is 0 Å². The first-order chi connectivity index (χ1) is 3.91. The van der Waals surface area contributed by atoms with Crippen molar-refractivity contribution in [1.29, 1.82) is 0 Å². The third kappa shape index (κ3) is 5.92. The van der Waals surface area contributed by atoms with Crippen LogP contribution in [0.5, 0.6) is 0 Å². The van der Waals surface area contributed by atoms with Crippen LogP contribution in [0.25, 0.3) is 0 Å². The van der Waals surface area contributed by atoms with E-state index in [1.807, 2.05) is 6.42 Å². The maximum Gasteiger partial charge on any atom is 0.0465 e. The van der Waals surface area contributed by atoms with Crippen LogP contribution in [0.3, 0.4) is 0 Å². The van der Waals surface area contributed by atoms with Crippen LogP contribution in [0.1, 0.15) is 12.8 Å². The van der Waals surface area contributed by atoms with Gasteiger partial charge in [0.25, 0.3) is 0 Å². The number of methoxy groups -OCH3 is 1. The first-order valence-corrected chi connectivity index (χ1v) is 2.83. The molecule has 49 valence electrons. The fourth-order valence-electron chi connectivity index (χ4n) is 0.437. The zero-order chi connectivity index (χ0) is 6.24. The van der Waals surface area contributed by atoms with Crippen LogP contribution in [0.15, 0.2) is 0 Å². The molecule has 0 unspecified atom stereocenters. The molecule has 0 aromatic rings. The minimum atomic E-state index is 0.254. The summed E-state index contributed by atoms with van der Waals surface area (Å²) < 4.78 is 4.78. The second kappa shape index (κ2) is 6.92. The van der Waals surface area contributed by atoms with Gasteiger partial charge in [-0.15, -0.1) is 0 Å². The Morgan fingerprint density at radius 2 is 2.25 bits per heavy atom. The van der Waals surface area contributed by atoms with Crippen molar-refractivity contribution >= 4 is 0 Å². The molecule has 0 fully saturated rings. The molecule has 0 spiro atoms. The maximum atomic E-state index is 8.29. The topological polar surface area (TPSA) is 29.5 Å². The molecule has 0 bridgehead atoms. The monoisotopic (exact) mass is 117 g/mol. The van der Waals surface area contributed by atoms with Gasteiger partial charge in [0.05, 0.1) is 0 Å². The van der Waals surface area contributed by atoms with Crippen LogP contribution in [0.4, 0.5) is 0 Å². The summed E-state index contributed by atoms with van der Waals surface area (Å²) >= 11 is 0. The highest BCUT2D eigenvalue weighted by atomic mass is 16.5. The van der Waals surface area contributed by atoms with Gasteiger partial charge in [0.1, 0.15) is 0 Å². The standard InChI is InChI=1S/C6H13O2/c1-8-6-4-2-3-5-7/h2,7H,3-6H2,1H3. The maximum absolute atomic E-state index is 8.29. The van der Waals surface area contributed by atoms with E-state index in [1.165, 1.54) is 0 Å². The van der Waals surface area contributed by atoms with E-state index >= 15 is 0 Å². The lowest BCUT2D eigenvalue weighted by molar-refractivity contribution is 0.199. The molecule has 0 heterocycles. The van der Waals surface area contributed by atoms with Crippen LogP contribution in [-0.2, 0) is 4.74 Å². The summed E-state index contributed by atoms with van der Waals surface area (Å²) in [6, 6.07) is 0. The summed E-state index contributed by atoms with van der Waals surface area (Å²) in [6.45, 7) is 1.02. The number of rotatable bonds is 5. The number of aliphatic hydroxyl groups is 1. The Kier molecular flexibility index (Phi) is 6.85. The molecule has 0 aliphatic heterocycles. The van der Waals surface area contributed by atoms with Gasteiger partial charge in [-0.25, -0.2) is 0 Å². The van der Waals surface area contributed by atoms with E-state index < -0.39 is 0 Å². The number of unbranched alkanes of at least 4 members (excludes halogenated alkanes) is 2. The Morgan fingerprint density at radius 3 is 2.75 bits per heavy atom. The summed E-state index contributed by atoms with van der Waals surface area (Å²) in [5, 5.41) is 8.29. The fourth-order valence-corrected chi connectivity index (χ4v) is 0.437. The SMILES string of the molecule is COCC[CH]CCO. The molecular formula is C6H13O2. The van der Waals surface area contributed by atoms with Crippen molar-refractivity contribution < 1.29 is 9.84 Å². The van der Waals surface area contributed by atoms with Crippen LogP contribution in [0, 0.1) is 6.42 Å². The van der Waals surface area contributed by atoms with Gasteiger partial charge in [0.2, 0.25) is 0 Å². The van der Waals surface area contributed by atoms with E-state index in [4.69, 9.17) is 9.84 Å². The van der Waals surface area contributed by atoms with E-state index in [-0.39, 0.29) is 6.61 Å². The summed E-state index contributed by atoms with van der Waals surface area (Å²) in [6.07, 6.45) is 3.74. The number of hydrogen-bond acceptors (Lipinski definition) is 2. The van der Waals surface area contributed by atoms with Crippen molar-refractivity contribution in [2.45, 2.75) is 12.8 Å². The molecule has 1 radical (unpaired) electrons. The average Bonchev–Trinajstić information content (AvgIpc) is 1.81. The molecule has 2 nitrogen and oxygen atoms in total. The zero-order valence-corrected chi connectivity index (χ0v) is 5.26. The molecule has 0 aliphatic rings. The summed E-state index contributed by atoms with van der Waals surface area (Å²) in [4.78, 5) is 0. The Labute approximate surface area is 50.5 Å². The molecule has 0 saturated heterocycles. The van der Waals surface area contributed by atoms with Crippen molar-refractivity contribution in [3.8, 4) is 0 Å². The van der Waals surface area contributed by atoms with Crippen LogP contribution in [-0.4, -0.2) is 25.4 Å². The summed E-state index contributed by atoms with van der Waals surface area (Å²) in [7, 11) is 1.67. The van der Waals surface area contributed by atoms with E-state index in [1.54, 1.807) is 7.11 Å². The highest BCUT2D eigenvalue weighted by Gasteiger charge is 1.84. The average molecular weight is 117 g/mol. The molecule has 0 aromatic carbocycles. The minimum Gasteiger partial charge on any atom is -0.396 e. The smallest absolute Gasteiger partial charge is 0.0465 e. The zero-order valence-electron chi connectivity index (χ0n) is 5.26. The van der Waals surface area contributed by atoms with Crippen molar-refractivity contribution in [3.05, 3.63) is 6.42 Å². The lowest BCUT2D eigenvalue weighted by Crippen LogP contribution is -1.90. The third-order valence-electron chi connectivity index (χ3n) is 0.859. The van der Waals surface area contributed by atoms with Crippen LogP contribution < -0.4 is 0 Å². The van der Waals surface area contributed by atoms with E-state index in [0.29, 0.717) is 0 Å². The molecule has 0 aromatic heterocycles. The second-order valence-corrected chi connectivity index (χ2v) is 1.58. The molecule has 8 heavy (non-hydrogen) atoms. The van der Waals surface area contributed by atoms with Crippen LogP contribution in [0.2, 0.25) is 0 Å². The van der Waals surface area contributed by atoms with Gasteiger partial charge in [-0.05, 0) is 19.3 Å². The lowest BCUT2D eigenvalue weighted by atomic mass is 10.2. The van der Waals surface area contributed by atoms with Gasteiger partial charge in [-0.1, -0.05) is 0 Å². The Bertz CT molecular complexity index is 31.5. The van der Waals surface area contributed by atoms with Gasteiger partial charge in [0, 0.05) is 20.3 Å². The number of ether oxygens (including phenoxy) is 1. The normalized spacial score (nSPS) is 9.75. The molecule has 0 atom stereocenters. The minimum absolute atomic E-state index is 0.254. The molecular weight excluding hydrogens is 104 g/mol. The van der Waals surface area contributed by atoms with Gasteiger partial charge < -0.3 is 9.84 Å². The Balaban J connectivity index is 2.53. The molecule has 0 saturated carbocycles. The third-order valence-corrected chi connectivity index (χ3v) is 0.859. The molecule has 0 amide bonds. The first-order valence-electron chi connectivity index (χ1n) is 2.83. The quantitative estimate of drug-likeness (QED) is 0.534. The Morgan fingerprint density at radius 1 is 1.50 bits per heavy atom. The second-order valence-electron chi connectivity index (χ2n) is 1.58. The van der Waals surface area contributed by atoms with Gasteiger partial charge in [-0.3, -0.25) is 0 Å². The lowest BCUT2D eigenvalue weighted by Gasteiger charge is -1.94. The number of aliphatic hydroxyl groups excluding tert-OH is 1. The molecule has 0 aliphatic carbocycles. The number of hydrogen-bond donors (Lipinski definition) is 1. The predicted molar refractivity (Wildman–Crippen MR) is 32.5 cm³/mol. The molecule has 1 N–H and O–H groups in total. The van der Waals surface area contributed by atoms with E-state index in [9.17, 15) is 0 Å². The van der Waals surface area contributed by atoms with E-state index in [2.05, 4.69) is 0 Å². The van der Waals surface area contributed by atoms with Crippen molar-refractivity contribution in [1.82, 2.24) is 0 Å². The van der Waals surface area contributed by atoms with E-state index in [0.717, 1.165) is 19.4 Å². The fraction of sp³-hybridized carbons (Fsp3) is 0.833. The summed E-state index contributed by atoms with van der Waals surface area (Å²) in [5.74, 6) is 0. The first kappa shape index (κ1) is 7.92. The van der Waals surface area contributed by atoms with Crippen molar-refractivity contribution in [2.24, 2.45) is 0 Å².